The number of sulfonamides is 1. The van der Waals surface area contributed by atoms with Gasteiger partial charge in [-0.3, -0.25) is 0 Å². The molecule has 0 amide bonds. The molecule has 5 nitrogen and oxygen atoms in total. The second-order valence-electron chi connectivity index (χ2n) is 3.99. The summed E-state index contributed by atoms with van der Waals surface area (Å²) >= 11 is 0. The van der Waals surface area contributed by atoms with Gasteiger partial charge in [-0.15, -0.1) is 0 Å². The van der Waals surface area contributed by atoms with E-state index in [2.05, 4.69) is 5.32 Å². The first-order valence-electron chi connectivity index (χ1n) is 5.29. The fourth-order valence-electron chi connectivity index (χ4n) is 2.00. The largest absolute Gasteiger partial charge is 0.380 e. The molecule has 1 saturated carbocycles. The summed E-state index contributed by atoms with van der Waals surface area (Å²) in [5.74, 6) is -0.0140. The number of nitrogens with two attached hydrogens (primary N) is 1. The lowest BCUT2D eigenvalue weighted by Gasteiger charge is -2.31. The van der Waals surface area contributed by atoms with E-state index in [9.17, 15) is 8.42 Å². The predicted molar refractivity (Wildman–Crippen MR) is 59.0 cm³/mol. The van der Waals surface area contributed by atoms with Crippen LogP contribution in [0.2, 0.25) is 0 Å². The Morgan fingerprint density at radius 2 is 2.07 bits per heavy atom. The number of ether oxygens (including phenoxy) is 1. The molecular formula is C9H20N2O3S. The van der Waals surface area contributed by atoms with Crippen molar-refractivity contribution in [3.63, 3.8) is 0 Å². The molecule has 0 bridgehead atoms. The molecule has 6 heteroatoms. The van der Waals surface area contributed by atoms with Crippen LogP contribution >= 0.6 is 0 Å². The zero-order chi connectivity index (χ0) is 11.3. The monoisotopic (exact) mass is 236 g/mol. The SMILES string of the molecule is COC1CCCCC1NCCS(N)(=O)=O. The van der Waals surface area contributed by atoms with Crippen LogP contribution in [0.1, 0.15) is 25.7 Å². The van der Waals surface area contributed by atoms with E-state index >= 15 is 0 Å². The van der Waals surface area contributed by atoms with Crippen LogP contribution < -0.4 is 10.5 Å². The zero-order valence-corrected chi connectivity index (χ0v) is 9.92. The van der Waals surface area contributed by atoms with Gasteiger partial charge in [0.1, 0.15) is 0 Å². The minimum atomic E-state index is -3.35. The van der Waals surface area contributed by atoms with E-state index in [0.29, 0.717) is 6.54 Å². The Labute approximate surface area is 91.4 Å². The molecule has 15 heavy (non-hydrogen) atoms. The third kappa shape index (κ3) is 4.92. The van der Waals surface area contributed by atoms with Crippen LogP contribution in [0.5, 0.6) is 0 Å². The molecule has 1 fully saturated rings. The highest BCUT2D eigenvalue weighted by Crippen LogP contribution is 2.20. The predicted octanol–water partition coefficient (Wildman–Crippen LogP) is -0.178. The van der Waals surface area contributed by atoms with E-state index in [0.717, 1.165) is 12.8 Å². The molecule has 2 unspecified atom stereocenters. The van der Waals surface area contributed by atoms with E-state index in [1.807, 2.05) is 0 Å². The standard InChI is InChI=1S/C9H20N2O3S/c1-14-9-5-3-2-4-8(9)11-6-7-15(10,12)13/h8-9,11H,2-7H2,1H3,(H2,10,12,13). The van der Waals surface area contributed by atoms with Gasteiger partial charge < -0.3 is 10.1 Å². The van der Waals surface area contributed by atoms with Crippen LogP contribution in [0.15, 0.2) is 0 Å². The van der Waals surface area contributed by atoms with Gasteiger partial charge in [-0.25, -0.2) is 13.6 Å². The molecule has 0 saturated heterocycles. The molecule has 1 aliphatic rings. The molecule has 0 aromatic carbocycles. The Bertz CT molecular complexity index is 279. The fraction of sp³-hybridized carbons (Fsp3) is 1.00. The summed E-state index contributed by atoms with van der Waals surface area (Å²) in [5.41, 5.74) is 0. The third-order valence-corrected chi connectivity index (χ3v) is 3.57. The van der Waals surface area contributed by atoms with Gasteiger partial charge in [0, 0.05) is 19.7 Å². The van der Waals surface area contributed by atoms with Gasteiger partial charge in [0.05, 0.1) is 11.9 Å². The van der Waals surface area contributed by atoms with Crippen molar-refractivity contribution in [1.29, 1.82) is 0 Å². The Morgan fingerprint density at radius 3 is 2.67 bits per heavy atom. The van der Waals surface area contributed by atoms with Gasteiger partial charge in [-0.1, -0.05) is 12.8 Å². The second kappa shape index (κ2) is 5.79. The number of primary sulfonamides is 1. The summed E-state index contributed by atoms with van der Waals surface area (Å²) in [5, 5.41) is 8.11. The minimum absolute atomic E-state index is 0.0140. The lowest BCUT2D eigenvalue weighted by molar-refractivity contribution is 0.0426. The van der Waals surface area contributed by atoms with Crippen LogP contribution in [-0.4, -0.2) is 40.0 Å². The van der Waals surface area contributed by atoms with Crippen molar-refractivity contribution < 1.29 is 13.2 Å². The first-order valence-corrected chi connectivity index (χ1v) is 7.01. The van der Waals surface area contributed by atoms with E-state index in [4.69, 9.17) is 9.88 Å². The first kappa shape index (κ1) is 12.9. The van der Waals surface area contributed by atoms with Crippen molar-refractivity contribution in [2.75, 3.05) is 19.4 Å². The fourth-order valence-corrected chi connectivity index (χ4v) is 2.40. The summed E-state index contributed by atoms with van der Waals surface area (Å²) in [6.07, 6.45) is 4.66. The maximum atomic E-state index is 10.7. The third-order valence-electron chi connectivity index (χ3n) is 2.80. The average Bonchev–Trinajstić information content (AvgIpc) is 2.16. The van der Waals surface area contributed by atoms with Gasteiger partial charge in [0.15, 0.2) is 0 Å². The Balaban J connectivity index is 2.29. The highest BCUT2D eigenvalue weighted by Gasteiger charge is 2.24. The van der Waals surface area contributed by atoms with Crippen LogP contribution in [0.4, 0.5) is 0 Å². The highest BCUT2D eigenvalue weighted by molar-refractivity contribution is 7.89. The van der Waals surface area contributed by atoms with E-state index < -0.39 is 10.0 Å². The Kier molecular flexibility index (Phi) is 4.98. The molecule has 0 spiro atoms. The van der Waals surface area contributed by atoms with Crippen LogP contribution in [-0.2, 0) is 14.8 Å². The summed E-state index contributed by atoms with van der Waals surface area (Å²) in [4.78, 5) is 0. The van der Waals surface area contributed by atoms with Gasteiger partial charge >= 0.3 is 0 Å². The van der Waals surface area contributed by atoms with Crippen molar-refractivity contribution in [3.8, 4) is 0 Å². The molecule has 90 valence electrons. The lowest BCUT2D eigenvalue weighted by Crippen LogP contribution is -2.45. The molecule has 3 N–H and O–H groups in total. The molecule has 1 aliphatic carbocycles. The summed E-state index contributed by atoms with van der Waals surface area (Å²) < 4.78 is 26.8. The summed E-state index contributed by atoms with van der Waals surface area (Å²) in [7, 11) is -1.65. The van der Waals surface area contributed by atoms with Gasteiger partial charge in [-0.2, -0.15) is 0 Å². The van der Waals surface area contributed by atoms with Crippen molar-refractivity contribution in [1.82, 2.24) is 5.32 Å². The molecule has 0 radical (unpaired) electrons. The highest BCUT2D eigenvalue weighted by atomic mass is 32.2. The summed E-state index contributed by atoms with van der Waals surface area (Å²) in [6, 6.07) is 0.269. The smallest absolute Gasteiger partial charge is 0.210 e. The average molecular weight is 236 g/mol. The normalized spacial score (nSPS) is 27.9. The number of rotatable bonds is 5. The Hall–Kier alpha value is -0.170. The van der Waals surface area contributed by atoms with E-state index in [1.54, 1.807) is 7.11 Å². The molecular weight excluding hydrogens is 216 g/mol. The van der Waals surface area contributed by atoms with Crippen LogP contribution in [0.3, 0.4) is 0 Å². The molecule has 0 heterocycles. The number of methoxy groups -OCH3 is 1. The summed E-state index contributed by atoms with van der Waals surface area (Å²) in [6.45, 7) is 0.406. The van der Waals surface area contributed by atoms with E-state index in [-0.39, 0.29) is 17.9 Å². The maximum Gasteiger partial charge on any atom is 0.210 e. The molecule has 1 rings (SSSR count). The minimum Gasteiger partial charge on any atom is -0.380 e. The molecule has 0 aromatic rings. The zero-order valence-electron chi connectivity index (χ0n) is 9.11. The number of hydrogen-bond acceptors (Lipinski definition) is 4. The maximum absolute atomic E-state index is 10.7. The topological polar surface area (TPSA) is 81.4 Å². The van der Waals surface area contributed by atoms with Crippen LogP contribution in [0.25, 0.3) is 0 Å². The first-order chi connectivity index (χ1) is 7.03. The number of hydrogen-bond donors (Lipinski definition) is 2. The quantitative estimate of drug-likeness (QED) is 0.694. The van der Waals surface area contributed by atoms with Crippen molar-refractivity contribution >= 4 is 10.0 Å². The van der Waals surface area contributed by atoms with Gasteiger partial charge in [0.2, 0.25) is 10.0 Å². The van der Waals surface area contributed by atoms with Crippen molar-refractivity contribution in [3.05, 3.63) is 0 Å². The van der Waals surface area contributed by atoms with Crippen LogP contribution in [0, 0.1) is 0 Å². The van der Waals surface area contributed by atoms with Gasteiger partial charge in [-0.05, 0) is 12.8 Å². The number of nitrogens with one attached hydrogen (secondary N) is 1. The van der Waals surface area contributed by atoms with Crippen molar-refractivity contribution in [2.24, 2.45) is 5.14 Å². The molecule has 2 atom stereocenters. The molecule has 0 aromatic heterocycles. The van der Waals surface area contributed by atoms with Crippen molar-refractivity contribution in [2.45, 2.75) is 37.8 Å². The Morgan fingerprint density at radius 1 is 1.40 bits per heavy atom. The van der Waals surface area contributed by atoms with E-state index in [1.165, 1.54) is 12.8 Å². The molecule has 0 aliphatic heterocycles. The lowest BCUT2D eigenvalue weighted by atomic mass is 9.92. The van der Waals surface area contributed by atoms with Gasteiger partial charge in [0.25, 0.3) is 0 Å². The second-order valence-corrected chi connectivity index (χ2v) is 5.72.